The Morgan fingerprint density at radius 2 is 1.80 bits per heavy atom. The normalized spacial score (nSPS) is 38.4. The second-order valence-electron chi connectivity index (χ2n) is 3.26. The molecular weight excluding hydrogens is 126 g/mol. The van der Waals surface area contributed by atoms with Gasteiger partial charge in [-0.1, -0.05) is 25.4 Å². The zero-order valence-electron chi connectivity index (χ0n) is 6.67. The molecule has 0 saturated heterocycles. The molecule has 58 valence electrons. The van der Waals surface area contributed by atoms with Crippen LogP contribution in [0.4, 0.5) is 0 Å². The van der Waals surface area contributed by atoms with E-state index in [1.54, 1.807) is 0 Å². The van der Waals surface area contributed by atoms with Crippen LogP contribution in [0.25, 0.3) is 0 Å². The van der Waals surface area contributed by atoms with Crippen LogP contribution in [0.3, 0.4) is 0 Å². The third kappa shape index (κ3) is 1.31. The average molecular weight is 141 g/mol. The van der Waals surface area contributed by atoms with Gasteiger partial charge in [-0.3, -0.25) is 0 Å². The number of hydrogen-bond donors (Lipinski definition) is 1. The monoisotopic (exact) mass is 141 g/mol. The molecule has 0 aliphatic heterocycles. The van der Waals surface area contributed by atoms with Crippen LogP contribution < -0.4 is 0 Å². The molecule has 1 fully saturated rings. The van der Waals surface area contributed by atoms with Crippen LogP contribution in [0.15, 0.2) is 5.16 Å². The van der Waals surface area contributed by atoms with Gasteiger partial charge in [-0.05, 0) is 24.7 Å². The average Bonchev–Trinajstić information content (AvgIpc) is 1.88. The smallest absolute Gasteiger partial charge is 0.0626 e. The van der Waals surface area contributed by atoms with E-state index in [4.69, 9.17) is 5.21 Å². The molecule has 0 aromatic rings. The van der Waals surface area contributed by atoms with Crippen molar-refractivity contribution in [1.29, 1.82) is 0 Å². The number of hydrogen-bond acceptors (Lipinski definition) is 2. The maximum Gasteiger partial charge on any atom is 0.0626 e. The van der Waals surface area contributed by atoms with Gasteiger partial charge in [-0.15, -0.1) is 0 Å². The highest BCUT2D eigenvalue weighted by Gasteiger charge is 2.22. The largest absolute Gasteiger partial charge is 0.411 e. The molecule has 0 spiro atoms. The van der Waals surface area contributed by atoms with Crippen LogP contribution in [-0.2, 0) is 0 Å². The van der Waals surface area contributed by atoms with E-state index in [-0.39, 0.29) is 0 Å². The standard InChI is InChI=1S/C8H15NO/c1-6-4-3-5-7(2)8(6)9-10/h6-7,10H,3-5H2,1-2H3/b9-8-/t6?,7-/m1/s1. The third-order valence-corrected chi connectivity index (χ3v) is 2.40. The first-order valence-electron chi connectivity index (χ1n) is 3.97. The first kappa shape index (κ1) is 7.58. The van der Waals surface area contributed by atoms with Crippen molar-refractivity contribution in [3.05, 3.63) is 0 Å². The Labute approximate surface area is 61.9 Å². The van der Waals surface area contributed by atoms with E-state index >= 15 is 0 Å². The lowest BCUT2D eigenvalue weighted by atomic mass is 9.82. The lowest BCUT2D eigenvalue weighted by Crippen LogP contribution is -2.24. The summed E-state index contributed by atoms with van der Waals surface area (Å²) in [6.45, 7) is 4.26. The molecule has 1 N–H and O–H groups in total. The zero-order chi connectivity index (χ0) is 7.56. The summed E-state index contributed by atoms with van der Waals surface area (Å²) in [6.07, 6.45) is 3.65. The van der Waals surface area contributed by atoms with Crippen LogP contribution in [0.5, 0.6) is 0 Å². The second kappa shape index (κ2) is 3.04. The number of rotatable bonds is 0. The van der Waals surface area contributed by atoms with E-state index in [1.807, 2.05) is 0 Å². The van der Waals surface area contributed by atoms with Gasteiger partial charge in [-0.25, -0.2) is 0 Å². The van der Waals surface area contributed by atoms with Crippen LogP contribution in [0.1, 0.15) is 33.1 Å². The highest BCUT2D eigenvalue weighted by atomic mass is 16.4. The van der Waals surface area contributed by atoms with Gasteiger partial charge in [0, 0.05) is 0 Å². The Bertz CT molecular complexity index is 130. The maximum absolute atomic E-state index is 8.62. The highest BCUT2D eigenvalue weighted by molar-refractivity contribution is 5.88. The van der Waals surface area contributed by atoms with E-state index in [9.17, 15) is 0 Å². The van der Waals surface area contributed by atoms with Gasteiger partial charge in [0.15, 0.2) is 0 Å². The Hall–Kier alpha value is -0.530. The molecule has 0 radical (unpaired) electrons. The van der Waals surface area contributed by atoms with Crippen molar-refractivity contribution in [3.63, 3.8) is 0 Å². The summed E-state index contributed by atoms with van der Waals surface area (Å²) >= 11 is 0. The fourth-order valence-corrected chi connectivity index (χ4v) is 1.71. The molecule has 1 aliphatic carbocycles. The highest BCUT2D eigenvalue weighted by Crippen LogP contribution is 2.25. The van der Waals surface area contributed by atoms with Gasteiger partial charge in [0.1, 0.15) is 0 Å². The van der Waals surface area contributed by atoms with Crippen LogP contribution >= 0.6 is 0 Å². The predicted molar refractivity (Wildman–Crippen MR) is 41.4 cm³/mol. The lowest BCUT2D eigenvalue weighted by molar-refractivity contribution is 0.304. The molecule has 0 aromatic heterocycles. The Morgan fingerprint density at radius 1 is 1.30 bits per heavy atom. The first-order chi connectivity index (χ1) is 4.75. The molecule has 2 nitrogen and oxygen atoms in total. The Kier molecular flexibility index (Phi) is 2.30. The second-order valence-corrected chi connectivity index (χ2v) is 3.26. The summed E-state index contributed by atoms with van der Waals surface area (Å²) in [6, 6.07) is 0. The van der Waals surface area contributed by atoms with Crippen molar-refractivity contribution >= 4 is 5.71 Å². The summed E-state index contributed by atoms with van der Waals surface area (Å²) in [7, 11) is 0. The van der Waals surface area contributed by atoms with E-state index in [2.05, 4.69) is 19.0 Å². The van der Waals surface area contributed by atoms with Gasteiger partial charge in [0.05, 0.1) is 5.71 Å². The fraction of sp³-hybridized carbons (Fsp3) is 0.875. The van der Waals surface area contributed by atoms with Gasteiger partial charge >= 0.3 is 0 Å². The molecule has 1 unspecified atom stereocenters. The molecule has 2 atom stereocenters. The Morgan fingerprint density at radius 3 is 2.10 bits per heavy atom. The van der Waals surface area contributed by atoms with Gasteiger partial charge in [0.25, 0.3) is 0 Å². The lowest BCUT2D eigenvalue weighted by Gasteiger charge is -2.24. The van der Waals surface area contributed by atoms with E-state index in [0.717, 1.165) is 5.71 Å². The summed E-state index contributed by atoms with van der Waals surface area (Å²) in [4.78, 5) is 0. The molecule has 10 heavy (non-hydrogen) atoms. The minimum atomic E-state index is 0.494. The molecule has 1 rings (SSSR count). The SMILES string of the molecule is CC1CCC[C@@H](C)/C1=N\O. The first-order valence-corrected chi connectivity index (χ1v) is 3.97. The molecule has 0 aromatic carbocycles. The van der Waals surface area contributed by atoms with E-state index in [0.29, 0.717) is 11.8 Å². The van der Waals surface area contributed by atoms with Crippen LogP contribution in [-0.4, -0.2) is 10.9 Å². The van der Waals surface area contributed by atoms with Crippen molar-refractivity contribution in [1.82, 2.24) is 0 Å². The van der Waals surface area contributed by atoms with Gasteiger partial charge in [-0.2, -0.15) is 0 Å². The fourth-order valence-electron chi connectivity index (χ4n) is 1.71. The molecule has 1 aliphatic rings. The van der Waals surface area contributed by atoms with Crippen molar-refractivity contribution in [3.8, 4) is 0 Å². The summed E-state index contributed by atoms with van der Waals surface area (Å²) in [5, 5.41) is 11.9. The maximum atomic E-state index is 8.62. The summed E-state index contributed by atoms with van der Waals surface area (Å²) in [5.41, 5.74) is 0.992. The molecule has 0 bridgehead atoms. The van der Waals surface area contributed by atoms with Crippen molar-refractivity contribution in [2.75, 3.05) is 0 Å². The van der Waals surface area contributed by atoms with Crippen LogP contribution in [0, 0.1) is 11.8 Å². The number of oxime groups is 1. The zero-order valence-corrected chi connectivity index (χ0v) is 6.67. The quantitative estimate of drug-likeness (QED) is 0.407. The van der Waals surface area contributed by atoms with Gasteiger partial charge in [0.2, 0.25) is 0 Å². The number of nitrogens with zero attached hydrogens (tertiary/aromatic N) is 1. The third-order valence-electron chi connectivity index (χ3n) is 2.40. The van der Waals surface area contributed by atoms with Crippen molar-refractivity contribution in [2.24, 2.45) is 17.0 Å². The van der Waals surface area contributed by atoms with Crippen molar-refractivity contribution < 1.29 is 5.21 Å². The summed E-state index contributed by atoms with van der Waals surface area (Å²) < 4.78 is 0. The molecule has 2 heteroatoms. The van der Waals surface area contributed by atoms with E-state index in [1.165, 1.54) is 19.3 Å². The predicted octanol–water partition coefficient (Wildman–Crippen LogP) is 2.27. The minimum Gasteiger partial charge on any atom is -0.411 e. The van der Waals surface area contributed by atoms with Crippen LogP contribution in [0.2, 0.25) is 0 Å². The topological polar surface area (TPSA) is 32.6 Å². The molecular formula is C8H15NO. The molecule has 0 amide bonds. The van der Waals surface area contributed by atoms with Gasteiger partial charge < -0.3 is 5.21 Å². The molecule has 1 saturated carbocycles. The molecule has 0 heterocycles. The summed E-state index contributed by atoms with van der Waals surface area (Å²) in [5.74, 6) is 0.988. The van der Waals surface area contributed by atoms with Crippen molar-refractivity contribution in [2.45, 2.75) is 33.1 Å². The van der Waals surface area contributed by atoms with E-state index < -0.39 is 0 Å². The minimum absolute atomic E-state index is 0.494. The Balaban J connectivity index is 2.63.